The highest BCUT2D eigenvalue weighted by atomic mass is 35.5. The van der Waals surface area contributed by atoms with Gasteiger partial charge in [0.2, 0.25) is 0 Å². The molecular formula is C10H13ClN2O3. The Bertz CT molecular complexity index is 384. The third-order valence-corrected chi connectivity index (χ3v) is 2.51. The van der Waals surface area contributed by atoms with Gasteiger partial charge in [0.1, 0.15) is 0 Å². The lowest BCUT2D eigenvalue weighted by Crippen LogP contribution is -2.28. The monoisotopic (exact) mass is 244 g/mol. The molecule has 0 aliphatic heterocycles. The van der Waals surface area contributed by atoms with Crippen LogP contribution in [0.2, 0.25) is 5.02 Å². The van der Waals surface area contributed by atoms with Gasteiger partial charge >= 0.3 is 0 Å². The van der Waals surface area contributed by atoms with Gasteiger partial charge in [0.25, 0.3) is 5.69 Å². The Morgan fingerprint density at radius 3 is 2.81 bits per heavy atom. The molecule has 0 radical (unpaired) electrons. The standard InChI is InChI=1S/C10H13ClN2O3/c1-7(6-14)12-5-8-2-3-9(13(15)16)4-10(8)11/h2-4,7,12,14H,5-6H2,1H3/t7-/m0/s1. The predicted molar refractivity (Wildman–Crippen MR) is 61.5 cm³/mol. The molecule has 1 atom stereocenters. The summed E-state index contributed by atoms with van der Waals surface area (Å²) in [6, 6.07) is 4.30. The Kier molecular flexibility index (Phi) is 4.67. The van der Waals surface area contributed by atoms with Gasteiger partial charge in [-0.1, -0.05) is 11.6 Å². The van der Waals surface area contributed by atoms with Crippen molar-refractivity contribution in [2.24, 2.45) is 0 Å². The van der Waals surface area contributed by atoms with Crippen LogP contribution in [0.5, 0.6) is 0 Å². The first-order valence-corrected chi connectivity index (χ1v) is 5.19. The summed E-state index contributed by atoms with van der Waals surface area (Å²) in [7, 11) is 0. The van der Waals surface area contributed by atoms with E-state index in [0.29, 0.717) is 11.6 Å². The number of benzene rings is 1. The normalized spacial score (nSPS) is 12.4. The molecule has 0 heterocycles. The molecule has 0 aromatic heterocycles. The SMILES string of the molecule is C[C@@H](CO)NCc1ccc([N+](=O)[O-])cc1Cl. The van der Waals surface area contributed by atoms with Gasteiger partial charge in [-0.3, -0.25) is 10.1 Å². The molecule has 6 heteroatoms. The minimum atomic E-state index is -0.487. The minimum absolute atomic E-state index is 0.0241. The third kappa shape index (κ3) is 3.44. The van der Waals surface area contributed by atoms with E-state index in [-0.39, 0.29) is 18.3 Å². The number of aliphatic hydroxyl groups excluding tert-OH is 1. The van der Waals surface area contributed by atoms with E-state index in [4.69, 9.17) is 16.7 Å². The summed E-state index contributed by atoms with van der Waals surface area (Å²) in [5.41, 5.74) is 0.747. The lowest BCUT2D eigenvalue weighted by molar-refractivity contribution is -0.384. The number of halogens is 1. The Hall–Kier alpha value is -1.17. The first-order valence-electron chi connectivity index (χ1n) is 4.81. The fourth-order valence-corrected chi connectivity index (χ4v) is 1.38. The molecule has 0 spiro atoms. The second-order valence-electron chi connectivity index (χ2n) is 3.50. The van der Waals surface area contributed by atoms with Crippen molar-refractivity contribution in [2.75, 3.05) is 6.61 Å². The van der Waals surface area contributed by atoms with Crippen molar-refractivity contribution in [3.05, 3.63) is 38.9 Å². The summed E-state index contributed by atoms with van der Waals surface area (Å²) in [6.07, 6.45) is 0. The average Bonchev–Trinajstić information content (AvgIpc) is 2.26. The van der Waals surface area contributed by atoms with Crippen molar-refractivity contribution >= 4 is 17.3 Å². The van der Waals surface area contributed by atoms with E-state index in [1.54, 1.807) is 6.07 Å². The molecule has 0 saturated heterocycles. The number of rotatable bonds is 5. The molecule has 2 N–H and O–H groups in total. The highest BCUT2D eigenvalue weighted by Gasteiger charge is 2.09. The summed E-state index contributed by atoms with van der Waals surface area (Å²) in [5, 5.41) is 22.7. The van der Waals surface area contributed by atoms with Gasteiger partial charge < -0.3 is 10.4 Å². The van der Waals surface area contributed by atoms with Gasteiger partial charge in [-0.15, -0.1) is 0 Å². The zero-order valence-corrected chi connectivity index (χ0v) is 9.57. The van der Waals surface area contributed by atoms with E-state index in [9.17, 15) is 10.1 Å². The largest absolute Gasteiger partial charge is 0.395 e. The molecule has 0 fully saturated rings. The maximum absolute atomic E-state index is 10.5. The van der Waals surface area contributed by atoms with E-state index >= 15 is 0 Å². The van der Waals surface area contributed by atoms with E-state index in [2.05, 4.69) is 5.32 Å². The highest BCUT2D eigenvalue weighted by molar-refractivity contribution is 6.31. The minimum Gasteiger partial charge on any atom is -0.395 e. The third-order valence-electron chi connectivity index (χ3n) is 2.16. The fraction of sp³-hybridized carbons (Fsp3) is 0.400. The van der Waals surface area contributed by atoms with Crippen LogP contribution in [0.1, 0.15) is 12.5 Å². The van der Waals surface area contributed by atoms with Crippen molar-refractivity contribution in [2.45, 2.75) is 19.5 Å². The van der Waals surface area contributed by atoms with Crippen LogP contribution in [0.4, 0.5) is 5.69 Å². The number of nitrogens with one attached hydrogen (secondary N) is 1. The van der Waals surface area contributed by atoms with Crippen LogP contribution in [0.25, 0.3) is 0 Å². The first-order chi connectivity index (χ1) is 7.54. The molecule has 0 aliphatic carbocycles. The van der Waals surface area contributed by atoms with Crippen LogP contribution in [0, 0.1) is 10.1 Å². The summed E-state index contributed by atoms with van der Waals surface area (Å²) < 4.78 is 0. The van der Waals surface area contributed by atoms with E-state index in [0.717, 1.165) is 5.56 Å². The molecule has 1 aromatic carbocycles. The molecule has 88 valence electrons. The van der Waals surface area contributed by atoms with E-state index in [1.165, 1.54) is 12.1 Å². The molecule has 0 saturated carbocycles. The molecule has 0 amide bonds. The zero-order chi connectivity index (χ0) is 12.1. The Morgan fingerprint density at radius 1 is 1.62 bits per heavy atom. The average molecular weight is 245 g/mol. The van der Waals surface area contributed by atoms with Gasteiger partial charge in [0.15, 0.2) is 0 Å². The summed E-state index contributed by atoms with van der Waals surface area (Å²) in [4.78, 5) is 9.99. The molecule has 16 heavy (non-hydrogen) atoms. The van der Waals surface area contributed by atoms with Gasteiger partial charge in [0.05, 0.1) is 16.6 Å². The number of non-ortho nitro benzene ring substituents is 1. The number of nitrogens with zero attached hydrogens (tertiary/aromatic N) is 1. The quantitative estimate of drug-likeness (QED) is 0.611. The van der Waals surface area contributed by atoms with Gasteiger partial charge in [0, 0.05) is 24.7 Å². The molecule has 0 aliphatic rings. The predicted octanol–water partition coefficient (Wildman–Crippen LogP) is 1.72. The van der Waals surface area contributed by atoms with Crippen LogP contribution >= 0.6 is 11.6 Å². The van der Waals surface area contributed by atoms with E-state index < -0.39 is 4.92 Å². The van der Waals surface area contributed by atoms with Crippen LogP contribution in [-0.2, 0) is 6.54 Å². The molecule has 1 aromatic rings. The molecular weight excluding hydrogens is 232 g/mol. The number of aliphatic hydroxyl groups is 1. The van der Waals surface area contributed by atoms with Gasteiger partial charge in [-0.05, 0) is 18.6 Å². The number of hydrogen-bond acceptors (Lipinski definition) is 4. The zero-order valence-electron chi connectivity index (χ0n) is 8.81. The lowest BCUT2D eigenvalue weighted by Gasteiger charge is -2.11. The lowest BCUT2D eigenvalue weighted by atomic mass is 10.2. The first kappa shape index (κ1) is 12.9. The van der Waals surface area contributed by atoms with E-state index in [1.807, 2.05) is 6.92 Å². The molecule has 0 unspecified atom stereocenters. The van der Waals surface area contributed by atoms with Crippen molar-refractivity contribution in [1.29, 1.82) is 0 Å². The Balaban J connectivity index is 2.72. The topological polar surface area (TPSA) is 75.4 Å². The second kappa shape index (κ2) is 5.79. The van der Waals surface area contributed by atoms with Crippen LogP contribution in [0.15, 0.2) is 18.2 Å². The van der Waals surface area contributed by atoms with Crippen molar-refractivity contribution in [3.8, 4) is 0 Å². The number of nitro groups is 1. The summed E-state index contributed by atoms with van der Waals surface area (Å²) in [5.74, 6) is 0. The van der Waals surface area contributed by atoms with Crippen LogP contribution < -0.4 is 5.32 Å². The Labute approximate surface area is 98.2 Å². The van der Waals surface area contributed by atoms with Crippen molar-refractivity contribution < 1.29 is 10.0 Å². The Morgan fingerprint density at radius 2 is 2.31 bits per heavy atom. The second-order valence-corrected chi connectivity index (χ2v) is 3.90. The fourth-order valence-electron chi connectivity index (χ4n) is 1.14. The molecule has 0 bridgehead atoms. The maximum atomic E-state index is 10.5. The highest BCUT2D eigenvalue weighted by Crippen LogP contribution is 2.22. The molecule has 5 nitrogen and oxygen atoms in total. The van der Waals surface area contributed by atoms with Crippen molar-refractivity contribution in [1.82, 2.24) is 5.32 Å². The van der Waals surface area contributed by atoms with Crippen LogP contribution in [0.3, 0.4) is 0 Å². The van der Waals surface area contributed by atoms with Crippen LogP contribution in [-0.4, -0.2) is 22.7 Å². The van der Waals surface area contributed by atoms with Crippen molar-refractivity contribution in [3.63, 3.8) is 0 Å². The summed E-state index contributed by atoms with van der Waals surface area (Å²) >= 11 is 5.89. The smallest absolute Gasteiger partial charge is 0.270 e. The molecule has 1 rings (SSSR count). The van der Waals surface area contributed by atoms with Gasteiger partial charge in [-0.2, -0.15) is 0 Å². The number of nitro benzene ring substituents is 1. The summed E-state index contributed by atoms with van der Waals surface area (Å²) in [6.45, 7) is 2.34. The maximum Gasteiger partial charge on any atom is 0.270 e. The number of hydrogen-bond donors (Lipinski definition) is 2. The van der Waals surface area contributed by atoms with Gasteiger partial charge in [-0.25, -0.2) is 0 Å².